The van der Waals surface area contributed by atoms with Crippen molar-refractivity contribution in [2.45, 2.75) is 37.7 Å². The summed E-state index contributed by atoms with van der Waals surface area (Å²) in [6.45, 7) is 3.15. The van der Waals surface area contributed by atoms with Crippen LogP contribution in [0.2, 0.25) is 0 Å². The third kappa shape index (κ3) is 3.00. The van der Waals surface area contributed by atoms with E-state index < -0.39 is 0 Å². The zero-order chi connectivity index (χ0) is 13.2. The Balaban J connectivity index is 1.87. The molecule has 0 unspecified atom stereocenters. The van der Waals surface area contributed by atoms with E-state index in [9.17, 15) is 0 Å². The van der Waals surface area contributed by atoms with Crippen molar-refractivity contribution in [3.8, 4) is 0 Å². The third-order valence-corrected chi connectivity index (χ3v) is 4.83. The van der Waals surface area contributed by atoms with Gasteiger partial charge in [-0.1, -0.05) is 22.0 Å². The Bertz CT molecular complexity index is 549. The van der Waals surface area contributed by atoms with Gasteiger partial charge in [-0.3, -0.25) is 0 Å². The van der Waals surface area contributed by atoms with Crippen molar-refractivity contribution in [3.63, 3.8) is 0 Å². The van der Waals surface area contributed by atoms with Gasteiger partial charge >= 0.3 is 0 Å². The monoisotopic (exact) mass is 336 g/mol. The van der Waals surface area contributed by atoms with Gasteiger partial charge in [0.1, 0.15) is 5.82 Å². The summed E-state index contributed by atoms with van der Waals surface area (Å²) < 4.78 is 0. The highest BCUT2D eigenvalue weighted by molar-refractivity contribution is 9.08. The second-order valence-corrected chi connectivity index (χ2v) is 6.45. The van der Waals surface area contributed by atoms with Crippen LogP contribution in [-0.2, 0) is 11.9 Å². The molecule has 0 spiro atoms. The Morgan fingerprint density at radius 2 is 2.26 bits per heavy atom. The molecule has 2 heterocycles. The van der Waals surface area contributed by atoms with E-state index in [0.29, 0.717) is 6.04 Å². The smallest absolute Gasteiger partial charge is 0.131 e. The van der Waals surface area contributed by atoms with E-state index in [1.807, 2.05) is 6.20 Å². The number of pyridine rings is 1. The van der Waals surface area contributed by atoms with E-state index in [2.05, 4.69) is 50.6 Å². The molecular formula is C15H17BrN2S. The van der Waals surface area contributed by atoms with Gasteiger partial charge in [0.2, 0.25) is 0 Å². The van der Waals surface area contributed by atoms with E-state index in [1.54, 1.807) is 11.3 Å². The lowest BCUT2D eigenvalue weighted by molar-refractivity contribution is 0.775. The Kier molecular flexibility index (Phi) is 3.89. The molecule has 0 aromatic carbocycles. The van der Waals surface area contributed by atoms with E-state index >= 15 is 0 Å². The fourth-order valence-corrected chi connectivity index (χ4v) is 3.31. The number of anilines is 1. The molecule has 1 aliphatic rings. The fraction of sp³-hybridized carbons (Fsp3) is 0.400. The first-order valence-corrected chi connectivity index (χ1v) is 8.63. The minimum atomic E-state index is 0.681. The van der Waals surface area contributed by atoms with Crippen molar-refractivity contribution in [1.29, 1.82) is 0 Å². The summed E-state index contributed by atoms with van der Waals surface area (Å²) in [4.78, 5) is 7.16. The van der Waals surface area contributed by atoms with E-state index in [0.717, 1.165) is 17.7 Å². The van der Waals surface area contributed by atoms with E-state index in [4.69, 9.17) is 4.98 Å². The maximum Gasteiger partial charge on any atom is 0.131 e. The van der Waals surface area contributed by atoms with Crippen LogP contribution in [0.4, 0.5) is 5.82 Å². The van der Waals surface area contributed by atoms with Gasteiger partial charge < -0.3 is 4.90 Å². The lowest BCUT2D eigenvalue weighted by Gasteiger charge is -2.25. The first-order chi connectivity index (χ1) is 9.28. The Labute approximate surface area is 126 Å². The summed E-state index contributed by atoms with van der Waals surface area (Å²) in [5, 5.41) is 5.25. The summed E-state index contributed by atoms with van der Waals surface area (Å²) in [6, 6.07) is 5.13. The highest BCUT2D eigenvalue weighted by Gasteiger charge is 2.30. The second kappa shape index (κ2) is 5.63. The van der Waals surface area contributed by atoms with E-state index in [1.165, 1.54) is 29.5 Å². The van der Waals surface area contributed by atoms with E-state index in [-0.39, 0.29) is 0 Å². The average Bonchev–Trinajstić information content (AvgIpc) is 3.14. The molecular weight excluding hydrogens is 320 g/mol. The van der Waals surface area contributed by atoms with Crippen LogP contribution in [0.5, 0.6) is 0 Å². The number of aromatic nitrogens is 1. The van der Waals surface area contributed by atoms with Crippen LogP contribution in [0.3, 0.4) is 0 Å². The fourth-order valence-electron chi connectivity index (χ4n) is 2.34. The summed E-state index contributed by atoms with van der Waals surface area (Å²) >= 11 is 5.26. The molecule has 1 aliphatic carbocycles. The molecule has 100 valence electrons. The lowest BCUT2D eigenvalue weighted by Crippen LogP contribution is -2.26. The van der Waals surface area contributed by atoms with Gasteiger partial charge in [0, 0.05) is 24.1 Å². The first-order valence-electron chi connectivity index (χ1n) is 6.57. The quantitative estimate of drug-likeness (QED) is 0.746. The number of alkyl halides is 1. The Morgan fingerprint density at radius 1 is 1.42 bits per heavy atom. The van der Waals surface area contributed by atoms with Crippen molar-refractivity contribution in [1.82, 2.24) is 4.98 Å². The molecule has 19 heavy (non-hydrogen) atoms. The molecule has 2 aromatic heterocycles. The summed E-state index contributed by atoms with van der Waals surface area (Å²) in [7, 11) is 0. The summed E-state index contributed by atoms with van der Waals surface area (Å²) in [5.74, 6) is 1.15. The van der Waals surface area contributed by atoms with Gasteiger partial charge in [-0.25, -0.2) is 4.98 Å². The topological polar surface area (TPSA) is 16.1 Å². The molecule has 0 N–H and O–H groups in total. The van der Waals surface area contributed by atoms with Crippen LogP contribution in [0.25, 0.3) is 0 Å². The number of halogens is 1. The zero-order valence-electron chi connectivity index (χ0n) is 11.0. The summed E-state index contributed by atoms with van der Waals surface area (Å²) in [5.41, 5.74) is 3.91. The molecule has 0 amide bonds. The van der Waals surface area contributed by atoms with Crippen molar-refractivity contribution in [2.24, 2.45) is 0 Å². The first kappa shape index (κ1) is 13.1. The average molecular weight is 337 g/mol. The number of hydrogen-bond acceptors (Lipinski definition) is 3. The molecule has 4 heteroatoms. The van der Waals surface area contributed by atoms with Crippen molar-refractivity contribution in [2.75, 3.05) is 4.90 Å². The maximum absolute atomic E-state index is 4.69. The minimum Gasteiger partial charge on any atom is -0.349 e. The molecule has 0 atom stereocenters. The van der Waals surface area contributed by atoms with Crippen molar-refractivity contribution >= 4 is 33.1 Å². The second-order valence-electron chi connectivity index (χ2n) is 5.11. The predicted molar refractivity (Wildman–Crippen MR) is 85.1 cm³/mol. The standard InChI is InChI=1S/C15H17BrN2S/c1-11-6-13(7-16)8-17-15(11)18(14-2-3-14)9-12-4-5-19-10-12/h4-6,8,10,14H,2-3,7,9H2,1H3. The Hall–Kier alpha value is -0.870. The maximum atomic E-state index is 4.69. The predicted octanol–water partition coefficient (Wildman–Crippen LogP) is 4.52. The molecule has 1 saturated carbocycles. The van der Waals surface area contributed by atoms with Gasteiger partial charge in [0.15, 0.2) is 0 Å². The van der Waals surface area contributed by atoms with Gasteiger partial charge in [-0.05, 0) is 53.3 Å². The highest BCUT2D eigenvalue weighted by atomic mass is 79.9. The van der Waals surface area contributed by atoms with Gasteiger partial charge in [0.05, 0.1) is 0 Å². The molecule has 2 aromatic rings. The van der Waals surface area contributed by atoms with Crippen LogP contribution >= 0.6 is 27.3 Å². The minimum absolute atomic E-state index is 0.681. The molecule has 3 rings (SSSR count). The van der Waals surface area contributed by atoms with Gasteiger partial charge in [-0.15, -0.1) is 0 Å². The third-order valence-electron chi connectivity index (χ3n) is 3.45. The number of aryl methyl sites for hydroxylation is 1. The van der Waals surface area contributed by atoms with Crippen LogP contribution in [0, 0.1) is 6.92 Å². The molecule has 0 bridgehead atoms. The van der Waals surface area contributed by atoms with Gasteiger partial charge in [0.25, 0.3) is 0 Å². The number of thiophene rings is 1. The normalized spacial score (nSPS) is 14.6. The largest absolute Gasteiger partial charge is 0.349 e. The van der Waals surface area contributed by atoms with Crippen LogP contribution in [-0.4, -0.2) is 11.0 Å². The SMILES string of the molecule is Cc1cc(CBr)cnc1N(Cc1ccsc1)C1CC1. The Morgan fingerprint density at radius 3 is 2.84 bits per heavy atom. The van der Waals surface area contributed by atoms with Crippen molar-refractivity contribution in [3.05, 3.63) is 45.8 Å². The number of nitrogens with zero attached hydrogens (tertiary/aromatic N) is 2. The lowest BCUT2D eigenvalue weighted by atomic mass is 10.2. The zero-order valence-corrected chi connectivity index (χ0v) is 13.4. The summed E-state index contributed by atoms with van der Waals surface area (Å²) in [6.07, 6.45) is 4.58. The number of rotatable bonds is 5. The molecule has 1 fully saturated rings. The van der Waals surface area contributed by atoms with Crippen LogP contribution in [0.15, 0.2) is 29.1 Å². The van der Waals surface area contributed by atoms with Crippen LogP contribution < -0.4 is 4.90 Å². The van der Waals surface area contributed by atoms with Gasteiger partial charge in [-0.2, -0.15) is 11.3 Å². The molecule has 0 saturated heterocycles. The number of hydrogen-bond donors (Lipinski definition) is 0. The van der Waals surface area contributed by atoms with Crippen molar-refractivity contribution < 1.29 is 0 Å². The highest BCUT2D eigenvalue weighted by Crippen LogP contribution is 2.34. The van der Waals surface area contributed by atoms with Crippen LogP contribution in [0.1, 0.15) is 29.5 Å². The molecule has 2 nitrogen and oxygen atoms in total. The molecule has 0 aliphatic heterocycles. The molecule has 0 radical (unpaired) electrons.